The van der Waals surface area contributed by atoms with Crippen molar-refractivity contribution >= 4 is 0 Å². The van der Waals surface area contributed by atoms with E-state index in [0.29, 0.717) is 23.5 Å². The summed E-state index contributed by atoms with van der Waals surface area (Å²) in [6.45, 7) is 2.07. The van der Waals surface area contributed by atoms with Gasteiger partial charge in [-0.1, -0.05) is 0 Å². The van der Waals surface area contributed by atoms with E-state index in [2.05, 4.69) is 10.1 Å². The predicted octanol–water partition coefficient (Wildman–Crippen LogP) is 1.36. The Morgan fingerprint density at radius 2 is 2.33 bits per heavy atom. The molecule has 0 aliphatic carbocycles. The van der Waals surface area contributed by atoms with Gasteiger partial charge in [0.15, 0.2) is 5.82 Å². The largest absolute Gasteiger partial charge is 0.321 e. The summed E-state index contributed by atoms with van der Waals surface area (Å²) in [5, 5.41) is 13.1. The minimum atomic E-state index is -0.378. The van der Waals surface area contributed by atoms with Gasteiger partial charge in [-0.25, -0.2) is 14.1 Å². The third-order valence-corrected chi connectivity index (χ3v) is 2.48. The van der Waals surface area contributed by atoms with Crippen LogP contribution in [0.3, 0.4) is 0 Å². The van der Waals surface area contributed by atoms with Crippen molar-refractivity contribution in [3.8, 4) is 6.07 Å². The van der Waals surface area contributed by atoms with Crippen molar-refractivity contribution in [1.82, 2.24) is 14.8 Å². The molecule has 1 unspecified atom stereocenters. The molecule has 1 heterocycles. The van der Waals surface area contributed by atoms with E-state index in [9.17, 15) is 4.39 Å². The van der Waals surface area contributed by atoms with Crippen molar-refractivity contribution in [3.05, 3.63) is 47.3 Å². The number of hydrogen-bond donors (Lipinski definition) is 1. The molecule has 2 aromatic rings. The molecule has 0 saturated carbocycles. The van der Waals surface area contributed by atoms with E-state index in [4.69, 9.17) is 11.0 Å². The molecule has 0 fully saturated rings. The Kier molecular flexibility index (Phi) is 3.35. The highest BCUT2D eigenvalue weighted by Gasteiger charge is 2.08. The van der Waals surface area contributed by atoms with E-state index in [1.807, 2.05) is 6.07 Å². The molecule has 0 bridgehead atoms. The van der Waals surface area contributed by atoms with Gasteiger partial charge in [-0.15, -0.1) is 0 Å². The lowest BCUT2D eigenvalue weighted by molar-refractivity contribution is 0.615. The Bertz CT molecular complexity index is 597. The number of nitrogens with two attached hydrogens (primary N) is 1. The first-order chi connectivity index (χ1) is 8.60. The van der Waals surface area contributed by atoms with Gasteiger partial charge in [-0.3, -0.25) is 0 Å². The summed E-state index contributed by atoms with van der Waals surface area (Å²) in [6.07, 6.45) is 1.52. The molecule has 2 N–H and O–H groups in total. The van der Waals surface area contributed by atoms with Crippen LogP contribution in [0.2, 0.25) is 0 Å². The fourth-order valence-corrected chi connectivity index (χ4v) is 1.57. The fourth-order valence-electron chi connectivity index (χ4n) is 1.57. The Morgan fingerprint density at radius 1 is 1.56 bits per heavy atom. The SMILES string of the molecule is CC(N)c1ncn(Cc2cc(F)ccc2C#N)n1. The van der Waals surface area contributed by atoms with Crippen LogP contribution in [0.25, 0.3) is 0 Å². The average molecular weight is 245 g/mol. The minimum Gasteiger partial charge on any atom is -0.321 e. The zero-order valence-electron chi connectivity index (χ0n) is 9.84. The third-order valence-electron chi connectivity index (χ3n) is 2.48. The maximum atomic E-state index is 13.1. The molecular weight excluding hydrogens is 233 g/mol. The Morgan fingerprint density at radius 3 is 2.94 bits per heavy atom. The summed E-state index contributed by atoms with van der Waals surface area (Å²) in [7, 11) is 0. The molecule has 2 rings (SSSR count). The summed E-state index contributed by atoms with van der Waals surface area (Å²) in [6, 6.07) is 5.80. The smallest absolute Gasteiger partial charge is 0.166 e. The number of aromatic nitrogens is 3. The lowest BCUT2D eigenvalue weighted by atomic mass is 10.1. The van der Waals surface area contributed by atoms with Gasteiger partial charge in [0.1, 0.15) is 12.1 Å². The molecule has 0 amide bonds. The van der Waals surface area contributed by atoms with Crippen LogP contribution in [-0.4, -0.2) is 14.8 Å². The van der Waals surface area contributed by atoms with Crippen molar-refractivity contribution in [2.75, 3.05) is 0 Å². The van der Waals surface area contributed by atoms with Crippen LogP contribution in [-0.2, 0) is 6.54 Å². The number of hydrogen-bond acceptors (Lipinski definition) is 4. The number of rotatable bonds is 3. The van der Waals surface area contributed by atoms with E-state index in [1.54, 1.807) is 6.92 Å². The normalized spacial score (nSPS) is 12.1. The highest BCUT2D eigenvalue weighted by atomic mass is 19.1. The van der Waals surface area contributed by atoms with Gasteiger partial charge < -0.3 is 5.73 Å². The molecule has 1 aromatic heterocycles. The van der Waals surface area contributed by atoms with Crippen LogP contribution in [0.1, 0.15) is 29.9 Å². The number of halogens is 1. The highest BCUT2D eigenvalue weighted by molar-refractivity contribution is 5.37. The second-order valence-electron chi connectivity index (χ2n) is 4.00. The van der Waals surface area contributed by atoms with Gasteiger partial charge in [-0.05, 0) is 30.7 Å². The maximum absolute atomic E-state index is 13.1. The summed E-state index contributed by atoms with van der Waals surface area (Å²) >= 11 is 0. The van der Waals surface area contributed by atoms with Gasteiger partial charge in [0.05, 0.1) is 24.2 Å². The van der Waals surface area contributed by atoms with Crippen molar-refractivity contribution < 1.29 is 4.39 Å². The predicted molar refractivity (Wildman–Crippen MR) is 62.8 cm³/mol. The van der Waals surface area contributed by atoms with E-state index < -0.39 is 0 Å². The number of benzene rings is 1. The Hall–Kier alpha value is -2.26. The summed E-state index contributed by atoms with van der Waals surface area (Å²) < 4.78 is 14.7. The van der Waals surface area contributed by atoms with E-state index in [1.165, 1.54) is 29.2 Å². The lowest BCUT2D eigenvalue weighted by Gasteiger charge is -2.04. The zero-order chi connectivity index (χ0) is 13.1. The fraction of sp³-hybridized carbons (Fsp3) is 0.250. The molecular formula is C12H12FN5. The second kappa shape index (κ2) is 4.94. The summed E-state index contributed by atoms with van der Waals surface area (Å²) in [5.74, 6) is 0.140. The molecule has 0 radical (unpaired) electrons. The van der Waals surface area contributed by atoms with Gasteiger partial charge >= 0.3 is 0 Å². The topological polar surface area (TPSA) is 80.5 Å². The molecule has 1 aromatic carbocycles. The van der Waals surface area contributed by atoms with E-state index in [-0.39, 0.29) is 11.9 Å². The van der Waals surface area contributed by atoms with Crippen molar-refractivity contribution in [3.63, 3.8) is 0 Å². The quantitative estimate of drug-likeness (QED) is 0.885. The average Bonchev–Trinajstić information content (AvgIpc) is 2.78. The molecule has 0 aliphatic heterocycles. The monoisotopic (exact) mass is 245 g/mol. The van der Waals surface area contributed by atoms with Gasteiger partial charge in [0, 0.05) is 0 Å². The standard InChI is InChI=1S/C12H12FN5/c1-8(15)12-16-7-18(17-12)6-10-4-11(13)3-2-9(10)5-14/h2-4,7-8H,6,15H2,1H3. The van der Waals surface area contributed by atoms with Crippen molar-refractivity contribution in [2.24, 2.45) is 5.73 Å². The third kappa shape index (κ3) is 2.52. The zero-order valence-corrected chi connectivity index (χ0v) is 9.84. The second-order valence-corrected chi connectivity index (χ2v) is 4.00. The van der Waals surface area contributed by atoms with Crippen LogP contribution in [0, 0.1) is 17.1 Å². The summed E-state index contributed by atoms with van der Waals surface area (Å²) in [4.78, 5) is 4.04. The van der Waals surface area contributed by atoms with Crippen molar-refractivity contribution in [2.45, 2.75) is 19.5 Å². The van der Waals surface area contributed by atoms with Crippen LogP contribution in [0.5, 0.6) is 0 Å². The van der Waals surface area contributed by atoms with Crippen LogP contribution < -0.4 is 5.73 Å². The van der Waals surface area contributed by atoms with E-state index >= 15 is 0 Å². The molecule has 5 nitrogen and oxygen atoms in total. The molecule has 1 atom stereocenters. The van der Waals surface area contributed by atoms with Gasteiger partial charge in [0.25, 0.3) is 0 Å². The molecule has 0 spiro atoms. The number of nitriles is 1. The lowest BCUT2D eigenvalue weighted by Crippen LogP contribution is -2.09. The Balaban J connectivity index is 2.28. The van der Waals surface area contributed by atoms with E-state index in [0.717, 1.165) is 0 Å². The van der Waals surface area contributed by atoms with Gasteiger partial charge in [0.2, 0.25) is 0 Å². The molecule has 6 heteroatoms. The molecule has 0 saturated heterocycles. The highest BCUT2D eigenvalue weighted by Crippen LogP contribution is 2.12. The molecule has 92 valence electrons. The minimum absolute atomic E-state index is 0.255. The van der Waals surface area contributed by atoms with Crippen LogP contribution in [0.15, 0.2) is 24.5 Å². The maximum Gasteiger partial charge on any atom is 0.166 e. The first-order valence-electron chi connectivity index (χ1n) is 5.43. The Labute approximate surface area is 104 Å². The first kappa shape index (κ1) is 12.2. The van der Waals surface area contributed by atoms with Crippen LogP contribution >= 0.6 is 0 Å². The molecule has 0 aliphatic rings. The van der Waals surface area contributed by atoms with Crippen molar-refractivity contribution in [1.29, 1.82) is 5.26 Å². The van der Waals surface area contributed by atoms with Gasteiger partial charge in [-0.2, -0.15) is 10.4 Å². The molecule has 18 heavy (non-hydrogen) atoms. The first-order valence-corrected chi connectivity index (χ1v) is 5.43. The number of nitrogens with zero attached hydrogens (tertiary/aromatic N) is 4. The van der Waals surface area contributed by atoms with Crippen LogP contribution in [0.4, 0.5) is 4.39 Å². The summed E-state index contributed by atoms with van der Waals surface area (Å²) in [5.41, 5.74) is 6.64.